The van der Waals surface area contributed by atoms with Gasteiger partial charge in [0.1, 0.15) is 5.82 Å². The van der Waals surface area contributed by atoms with Crippen molar-refractivity contribution >= 4 is 11.6 Å². The zero-order valence-corrected chi connectivity index (χ0v) is 11.2. The van der Waals surface area contributed by atoms with E-state index in [0.717, 1.165) is 31.8 Å². The van der Waals surface area contributed by atoms with E-state index in [1.54, 1.807) is 6.07 Å². The van der Waals surface area contributed by atoms with E-state index in [1.807, 2.05) is 0 Å². The van der Waals surface area contributed by atoms with Crippen LogP contribution in [0.4, 0.5) is 4.39 Å². The molecule has 1 fully saturated rings. The van der Waals surface area contributed by atoms with Gasteiger partial charge in [0, 0.05) is 31.2 Å². The summed E-state index contributed by atoms with van der Waals surface area (Å²) in [4.78, 5) is 2.25. The fourth-order valence-electron chi connectivity index (χ4n) is 2.02. The van der Waals surface area contributed by atoms with Crippen LogP contribution < -0.4 is 5.32 Å². The lowest BCUT2D eigenvalue weighted by Gasteiger charge is -2.30. The molecular weight excluding hydrogens is 255 g/mol. The second kappa shape index (κ2) is 6.48. The molecule has 0 saturated carbocycles. The van der Waals surface area contributed by atoms with E-state index >= 15 is 0 Å². The molecule has 1 aliphatic heterocycles. The van der Waals surface area contributed by atoms with E-state index < -0.39 is 0 Å². The van der Waals surface area contributed by atoms with Gasteiger partial charge in [-0.05, 0) is 24.7 Å². The second-order valence-corrected chi connectivity index (χ2v) is 5.03. The van der Waals surface area contributed by atoms with Crippen LogP contribution in [0.3, 0.4) is 0 Å². The maximum Gasteiger partial charge on any atom is 0.124 e. The average Bonchev–Trinajstić information content (AvgIpc) is 2.32. The van der Waals surface area contributed by atoms with Gasteiger partial charge < -0.3 is 15.0 Å². The Kier molecular flexibility index (Phi) is 4.95. The van der Waals surface area contributed by atoms with E-state index in [0.29, 0.717) is 11.6 Å². The highest BCUT2D eigenvalue weighted by Gasteiger charge is 2.16. The van der Waals surface area contributed by atoms with Gasteiger partial charge in [0.25, 0.3) is 0 Å². The van der Waals surface area contributed by atoms with Crippen molar-refractivity contribution in [2.75, 3.05) is 33.3 Å². The molecule has 0 bridgehead atoms. The number of nitrogens with zero attached hydrogens (tertiary/aromatic N) is 1. The van der Waals surface area contributed by atoms with Gasteiger partial charge in [0.2, 0.25) is 0 Å². The minimum Gasteiger partial charge on any atom is -0.374 e. The first-order valence-corrected chi connectivity index (χ1v) is 6.48. The molecule has 5 heteroatoms. The first-order chi connectivity index (χ1) is 8.65. The Morgan fingerprint density at radius 1 is 1.56 bits per heavy atom. The van der Waals surface area contributed by atoms with Crippen LogP contribution in [0.25, 0.3) is 0 Å². The molecule has 1 atom stereocenters. The van der Waals surface area contributed by atoms with Crippen LogP contribution in [-0.4, -0.2) is 44.3 Å². The van der Waals surface area contributed by atoms with Crippen molar-refractivity contribution in [2.24, 2.45) is 0 Å². The van der Waals surface area contributed by atoms with Crippen LogP contribution in [0, 0.1) is 5.82 Å². The van der Waals surface area contributed by atoms with Crippen molar-refractivity contribution < 1.29 is 9.13 Å². The lowest BCUT2D eigenvalue weighted by molar-refractivity contribution is -0.0182. The summed E-state index contributed by atoms with van der Waals surface area (Å²) in [7, 11) is 2.09. The summed E-state index contributed by atoms with van der Waals surface area (Å²) >= 11 is 5.95. The summed E-state index contributed by atoms with van der Waals surface area (Å²) in [6.45, 7) is 4.10. The lowest BCUT2D eigenvalue weighted by atomic mass is 10.2. The fourth-order valence-corrected chi connectivity index (χ4v) is 2.26. The van der Waals surface area contributed by atoms with Crippen molar-refractivity contribution in [2.45, 2.75) is 12.6 Å². The predicted molar refractivity (Wildman–Crippen MR) is 70.4 cm³/mol. The highest BCUT2D eigenvalue weighted by molar-refractivity contribution is 6.31. The first kappa shape index (κ1) is 13.7. The van der Waals surface area contributed by atoms with Crippen molar-refractivity contribution in [3.8, 4) is 0 Å². The molecule has 0 aromatic heterocycles. The summed E-state index contributed by atoms with van der Waals surface area (Å²) in [5.74, 6) is -0.305. The van der Waals surface area contributed by atoms with Gasteiger partial charge in [0.15, 0.2) is 0 Å². The molecule has 1 saturated heterocycles. The maximum atomic E-state index is 12.9. The molecule has 1 aromatic carbocycles. The Hall–Kier alpha value is -0.680. The lowest BCUT2D eigenvalue weighted by Crippen LogP contribution is -2.44. The topological polar surface area (TPSA) is 24.5 Å². The molecule has 1 N–H and O–H groups in total. The Labute approximate surface area is 112 Å². The van der Waals surface area contributed by atoms with Gasteiger partial charge in [0.05, 0.1) is 12.7 Å². The third-order valence-corrected chi connectivity index (χ3v) is 3.40. The summed E-state index contributed by atoms with van der Waals surface area (Å²) in [5.41, 5.74) is 0.905. The van der Waals surface area contributed by atoms with Gasteiger partial charge in [-0.15, -0.1) is 0 Å². The minimum absolute atomic E-state index is 0.211. The number of morpholine rings is 1. The molecule has 3 nitrogen and oxygen atoms in total. The number of likely N-dealkylation sites (N-methyl/N-ethyl adjacent to an activating group) is 1. The van der Waals surface area contributed by atoms with Gasteiger partial charge in [-0.2, -0.15) is 0 Å². The van der Waals surface area contributed by atoms with Crippen LogP contribution in [0.5, 0.6) is 0 Å². The Morgan fingerprint density at radius 2 is 2.39 bits per heavy atom. The van der Waals surface area contributed by atoms with Gasteiger partial charge >= 0.3 is 0 Å². The number of ether oxygens (including phenoxy) is 1. The maximum absolute atomic E-state index is 12.9. The molecule has 0 unspecified atom stereocenters. The molecular formula is C13H18ClFN2O. The number of hydrogen-bond acceptors (Lipinski definition) is 3. The molecule has 0 spiro atoms. The van der Waals surface area contributed by atoms with E-state index in [2.05, 4.69) is 17.3 Å². The van der Waals surface area contributed by atoms with Crippen molar-refractivity contribution in [3.05, 3.63) is 34.6 Å². The van der Waals surface area contributed by atoms with Crippen LogP contribution in [-0.2, 0) is 11.3 Å². The average molecular weight is 273 g/mol. The van der Waals surface area contributed by atoms with Gasteiger partial charge in [-0.1, -0.05) is 17.7 Å². The van der Waals surface area contributed by atoms with Crippen LogP contribution >= 0.6 is 11.6 Å². The largest absolute Gasteiger partial charge is 0.374 e. The summed E-state index contributed by atoms with van der Waals surface area (Å²) in [5, 5.41) is 3.76. The highest BCUT2D eigenvalue weighted by atomic mass is 35.5. The summed E-state index contributed by atoms with van der Waals surface area (Å²) in [6, 6.07) is 4.47. The second-order valence-electron chi connectivity index (χ2n) is 4.62. The Balaban J connectivity index is 1.77. The van der Waals surface area contributed by atoms with Crippen molar-refractivity contribution in [1.82, 2.24) is 10.2 Å². The molecule has 0 amide bonds. The molecule has 18 heavy (non-hydrogen) atoms. The standard InChI is InChI=1S/C13H18ClFN2O/c1-17-4-5-18-12(9-17)8-16-7-10-2-3-11(15)6-13(10)14/h2-3,6,12,16H,4-5,7-9H2,1H3/t12-/m0/s1. The predicted octanol–water partition coefficient (Wildman–Crippen LogP) is 1.90. The first-order valence-electron chi connectivity index (χ1n) is 6.10. The normalized spacial score (nSPS) is 21.2. The van der Waals surface area contributed by atoms with E-state index in [-0.39, 0.29) is 11.9 Å². The highest BCUT2D eigenvalue weighted by Crippen LogP contribution is 2.16. The smallest absolute Gasteiger partial charge is 0.124 e. The zero-order chi connectivity index (χ0) is 13.0. The molecule has 2 rings (SSSR count). The molecule has 1 aromatic rings. The van der Waals surface area contributed by atoms with E-state index in [4.69, 9.17) is 16.3 Å². The fraction of sp³-hybridized carbons (Fsp3) is 0.538. The minimum atomic E-state index is -0.305. The number of benzene rings is 1. The number of nitrogens with one attached hydrogen (secondary N) is 1. The quantitative estimate of drug-likeness (QED) is 0.906. The Bertz CT molecular complexity index is 403. The monoisotopic (exact) mass is 272 g/mol. The summed E-state index contributed by atoms with van der Waals surface area (Å²) < 4.78 is 18.5. The van der Waals surface area contributed by atoms with Crippen molar-refractivity contribution in [1.29, 1.82) is 0 Å². The van der Waals surface area contributed by atoms with Gasteiger partial charge in [-0.25, -0.2) is 4.39 Å². The van der Waals surface area contributed by atoms with Crippen molar-refractivity contribution in [3.63, 3.8) is 0 Å². The van der Waals surface area contributed by atoms with Crippen LogP contribution in [0.2, 0.25) is 5.02 Å². The SMILES string of the molecule is CN1CCO[C@@H](CNCc2ccc(F)cc2Cl)C1. The third kappa shape index (κ3) is 3.92. The Morgan fingerprint density at radius 3 is 3.11 bits per heavy atom. The molecule has 100 valence electrons. The van der Waals surface area contributed by atoms with E-state index in [9.17, 15) is 4.39 Å². The third-order valence-electron chi connectivity index (χ3n) is 3.04. The molecule has 0 aliphatic carbocycles. The number of hydrogen-bond donors (Lipinski definition) is 1. The van der Waals surface area contributed by atoms with Crippen LogP contribution in [0.15, 0.2) is 18.2 Å². The zero-order valence-electron chi connectivity index (χ0n) is 10.5. The van der Waals surface area contributed by atoms with Crippen LogP contribution in [0.1, 0.15) is 5.56 Å². The number of rotatable bonds is 4. The number of halogens is 2. The molecule has 0 radical (unpaired) electrons. The van der Waals surface area contributed by atoms with E-state index in [1.165, 1.54) is 12.1 Å². The molecule has 1 heterocycles. The van der Waals surface area contributed by atoms with Gasteiger partial charge in [-0.3, -0.25) is 0 Å². The summed E-state index contributed by atoms with van der Waals surface area (Å²) in [6.07, 6.45) is 0.211. The molecule has 1 aliphatic rings.